The van der Waals surface area contributed by atoms with E-state index in [1.54, 1.807) is 0 Å². The molecule has 0 aliphatic rings. The molecule has 142 valence electrons. The van der Waals surface area contributed by atoms with E-state index in [2.05, 4.69) is 55.5 Å². The number of carbonyl (C=O) groups is 1. The minimum absolute atomic E-state index is 0.236. The molecule has 0 amide bonds. The number of rotatable bonds is 16. The fourth-order valence-electron chi connectivity index (χ4n) is 2.32. The second-order valence-electron chi connectivity index (χ2n) is 6.23. The van der Waals surface area contributed by atoms with Crippen LogP contribution < -0.4 is 0 Å². The zero-order valence-electron chi connectivity index (χ0n) is 15.8. The number of carboxylic acids is 1. The van der Waals surface area contributed by atoms with Crippen molar-refractivity contribution in [3.05, 3.63) is 48.6 Å². The van der Waals surface area contributed by atoms with Crippen LogP contribution in [0.2, 0.25) is 0 Å². The monoisotopic (exact) mass is 348 g/mol. The molecule has 0 aromatic rings. The molecule has 0 heterocycles. The van der Waals surface area contributed by atoms with Gasteiger partial charge in [-0.25, -0.2) is 0 Å². The number of hydrogen-bond donors (Lipinski definition) is 2. The minimum Gasteiger partial charge on any atom is -0.481 e. The van der Waals surface area contributed by atoms with Gasteiger partial charge < -0.3 is 10.2 Å². The summed E-state index contributed by atoms with van der Waals surface area (Å²) in [7, 11) is 0. The van der Waals surface area contributed by atoms with Crippen LogP contribution in [0.5, 0.6) is 0 Å². The Balaban J connectivity index is 3.48. The van der Waals surface area contributed by atoms with Crippen LogP contribution >= 0.6 is 0 Å². The van der Waals surface area contributed by atoms with E-state index in [1.807, 2.05) is 0 Å². The Labute approximate surface area is 153 Å². The van der Waals surface area contributed by atoms with Crippen molar-refractivity contribution in [1.82, 2.24) is 0 Å². The SMILES string of the molecule is CC/C=C/CCC(O)C/C=C/C/C=C/C/C=C/CCCCCC(=O)O. The molecule has 0 saturated carbocycles. The van der Waals surface area contributed by atoms with E-state index in [9.17, 15) is 9.90 Å². The van der Waals surface area contributed by atoms with Crippen molar-refractivity contribution in [1.29, 1.82) is 0 Å². The number of aliphatic hydroxyl groups excluding tert-OH is 1. The first kappa shape index (κ1) is 23.4. The predicted molar refractivity (Wildman–Crippen MR) is 107 cm³/mol. The number of hydrogen-bond acceptors (Lipinski definition) is 2. The topological polar surface area (TPSA) is 57.5 Å². The summed E-state index contributed by atoms with van der Waals surface area (Å²) in [4.78, 5) is 10.4. The third-order valence-electron chi connectivity index (χ3n) is 3.78. The number of unbranched alkanes of at least 4 members (excludes halogenated alkanes) is 3. The van der Waals surface area contributed by atoms with Crippen LogP contribution in [-0.4, -0.2) is 22.3 Å². The molecule has 1 unspecified atom stereocenters. The second kappa shape index (κ2) is 18.7. The van der Waals surface area contributed by atoms with Gasteiger partial charge in [-0.15, -0.1) is 0 Å². The van der Waals surface area contributed by atoms with E-state index >= 15 is 0 Å². The van der Waals surface area contributed by atoms with Gasteiger partial charge in [0.2, 0.25) is 0 Å². The van der Waals surface area contributed by atoms with Crippen molar-refractivity contribution in [3.63, 3.8) is 0 Å². The Morgan fingerprint density at radius 3 is 2.16 bits per heavy atom. The largest absolute Gasteiger partial charge is 0.481 e. The van der Waals surface area contributed by atoms with Crippen LogP contribution in [-0.2, 0) is 4.79 Å². The quantitative estimate of drug-likeness (QED) is 0.267. The van der Waals surface area contributed by atoms with Crippen molar-refractivity contribution >= 4 is 5.97 Å². The van der Waals surface area contributed by atoms with E-state index in [1.165, 1.54) is 0 Å². The summed E-state index contributed by atoms with van der Waals surface area (Å²) in [5.74, 6) is -0.701. The molecule has 25 heavy (non-hydrogen) atoms. The van der Waals surface area contributed by atoms with Gasteiger partial charge in [0, 0.05) is 6.42 Å². The molecule has 3 nitrogen and oxygen atoms in total. The van der Waals surface area contributed by atoms with Crippen molar-refractivity contribution in [2.75, 3.05) is 0 Å². The Morgan fingerprint density at radius 2 is 1.48 bits per heavy atom. The van der Waals surface area contributed by atoms with E-state index < -0.39 is 5.97 Å². The van der Waals surface area contributed by atoms with Gasteiger partial charge in [0.15, 0.2) is 0 Å². The lowest BCUT2D eigenvalue weighted by Gasteiger charge is -2.04. The summed E-state index contributed by atoms with van der Waals surface area (Å²) in [5, 5.41) is 18.3. The molecule has 2 N–H and O–H groups in total. The molecule has 0 bridgehead atoms. The molecule has 0 aliphatic heterocycles. The fourth-order valence-corrected chi connectivity index (χ4v) is 2.32. The van der Waals surface area contributed by atoms with Gasteiger partial charge in [0.25, 0.3) is 0 Å². The van der Waals surface area contributed by atoms with Gasteiger partial charge >= 0.3 is 5.97 Å². The van der Waals surface area contributed by atoms with Crippen molar-refractivity contribution in [3.8, 4) is 0 Å². The molecule has 0 saturated heterocycles. The van der Waals surface area contributed by atoms with Crippen LogP contribution in [0.15, 0.2) is 48.6 Å². The maximum atomic E-state index is 10.4. The predicted octanol–water partition coefficient (Wildman–Crippen LogP) is 5.97. The molecule has 3 heteroatoms. The van der Waals surface area contributed by atoms with Gasteiger partial charge in [-0.2, -0.15) is 0 Å². The normalized spacial score (nSPS) is 13.7. The van der Waals surface area contributed by atoms with Crippen LogP contribution in [0.4, 0.5) is 0 Å². The van der Waals surface area contributed by atoms with Crippen LogP contribution in [0, 0.1) is 0 Å². The first-order valence-corrected chi connectivity index (χ1v) is 9.66. The number of allylic oxidation sites excluding steroid dienone is 7. The average molecular weight is 349 g/mol. The molecule has 0 fully saturated rings. The standard InChI is InChI=1S/C22H36O3/c1-2-3-4-15-18-21(23)19-16-13-11-9-7-5-6-8-10-12-14-17-20-22(24)25/h3-4,6-9,13,16,21,23H,2,5,10-12,14-15,17-20H2,1H3,(H,24,25)/b4-3+,8-6+,9-7+,16-13+. The van der Waals surface area contributed by atoms with E-state index in [4.69, 9.17) is 5.11 Å². The first-order valence-electron chi connectivity index (χ1n) is 9.66. The van der Waals surface area contributed by atoms with Crippen LogP contribution in [0.1, 0.15) is 77.6 Å². The van der Waals surface area contributed by atoms with E-state index in [-0.39, 0.29) is 12.5 Å². The Morgan fingerprint density at radius 1 is 0.840 bits per heavy atom. The Bertz CT molecular complexity index is 419. The summed E-state index contributed by atoms with van der Waals surface area (Å²) < 4.78 is 0. The summed E-state index contributed by atoms with van der Waals surface area (Å²) in [6.07, 6.45) is 26.4. The third-order valence-corrected chi connectivity index (χ3v) is 3.78. The molecule has 0 aromatic carbocycles. The summed E-state index contributed by atoms with van der Waals surface area (Å²) in [6.45, 7) is 2.12. The Hall–Kier alpha value is -1.61. The lowest BCUT2D eigenvalue weighted by molar-refractivity contribution is -0.137. The zero-order chi connectivity index (χ0) is 18.6. The highest BCUT2D eigenvalue weighted by Gasteiger charge is 1.98. The lowest BCUT2D eigenvalue weighted by Crippen LogP contribution is -2.03. The minimum atomic E-state index is -0.701. The van der Waals surface area contributed by atoms with E-state index in [0.717, 1.165) is 64.2 Å². The Kier molecular flexibility index (Phi) is 17.5. The first-order chi connectivity index (χ1) is 12.2. The zero-order valence-corrected chi connectivity index (χ0v) is 15.8. The number of carboxylic acid groups (broad SMARTS) is 1. The molecule has 0 aromatic heterocycles. The van der Waals surface area contributed by atoms with Gasteiger partial charge in [0.1, 0.15) is 0 Å². The van der Waals surface area contributed by atoms with Gasteiger partial charge in [-0.05, 0) is 57.8 Å². The summed E-state index contributed by atoms with van der Waals surface area (Å²) in [6, 6.07) is 0. The molecule has 0 rings (SSSR count). The highest BCUT2D eigenvalue weighted by Crippen LogP contribution is 2.05. The van der Waals surface area contributed by atoms with Crippen LogP contribution in [0.25, 0.3) is 0 Å². The second-order valence-corrected chi connectivity index (χ2v) is 6.23. The van der Waals surface area contributed by atoms with Gasteiger partial charge in [-0.3, -0.25) is 4.79 Å². The van der Waals surface area contributed by atoms with Crippen molar-refractivity contribution in [2.45, 2.75) is 83.7 Å². The molecule has 1 atom stereocenters. The third kappa shape index (κ3) is 20.3. The highest BCUT2D eigenvalue weighted by molar-refractivity contribution is 5.66. The lowest BCUT2D eigenvalue weighted by atomic mass is 10.1. The average Bonchev–Trinajstić information content (AvgIpc) is 2.58. The van der Waals surface area contributed by atoms with Crippen molar-refractivity contribution in [2.24, 2.45) is 0 Å². The molecular weight excluding hydrogens is 312 g/mol. The van der Waals surface area contributed by atoms with Gasteiger partial charge in [0.05, 0.1) is 6.10 Å². The molecular formula is C22H36O3. The summed E-state index contributed by atoms with van der Waals surface area (Å²) >= 11 is 0. The van der Waals surface area contributed by atoms with Crippen LogP contribution in [0.3, 0.4) is 0 Å². The van der Waals surface area contributed by atoms with Gasteiger partial charge in [-0.1, -0.05) is 62.0 Å². The number of aliphatic carboxylic acids is 1. The fraction of sp³-hybridized carbons (Fsp3) is 0.591. The van der Waals surface area contributed by atoms with Crippen molar-refractivity contribution < 1.29 is 15.0 Å². The number of aliphatic hydroxyl groups is 1. The smallest absolute Gasteiger partial charge is 0.303 e. The van der Waals surface area contributed by atoms with E-state index in [0.29, 0.717) is 0 Å². The summed E-state index contributed by atoms with van der Waals surface area (Å²) in [5.41, 5.74) is 0. The molecule has 0 aliphatic carbocycles. The maximum Gasteiger partial charge on any atom is 0.303 e. The maximum absolute atomic E-state index is 10.4. The molecule has 0 spiro atoms. The molecule has 0 radical (unpaired) electrons. The highest BCUT2D eigenvalue weighted by atomic mass is 16.4.